The van der Waals surface area contributed by atoms with Crippen LogP contribution in [-0.4, -0.2) is 28.5 Å². The van der Waals surface area contributed by atoms with Gasteiger partial charge in [-0.05, 0) is 30.2 Å². The van der Waals surface area contributed by atoms with Crippen LogP contribution < -0.4 is 0 Å². The highest BCUT2D eigenvalue weighted by Crippen LogP contribution is 2.22. The Balaban J connectivity index is 1.89. The summed E-state index contributed by atoms with van der Waals surface area (Å²) in [5.41, 5.74) is 2.34. The Morgan fingerprint density at radius 1 is 1.17 bits per heavy atom. The fraction of sp³-hybridized carbons (Fsp3) is 0.235. The molecule has 0 atom stereocenters. The number of thioether (sulfide) groups is 1. The molecule has 0 aliphatic carbocycles. The molecule has 0 aliphatic rings. The van der Waals surface area contributed by atoms with E-state index in [0.717, 1.165) is 16.0 Å². The van der Waals surface area contributed by atoms with Crippen LogP contribution in [0.15, 0.2) is 53.4 Å². The molecule has 2 aromatic carbocycles. The van der Waals surface area contributed by atoms with E-state index in [-0.39, 0.29) is 11.6 Å². The molecule has 0 N–H and O–H groups in total. The molecule has 0 spiro atoms. The normalized spacial score (nSPS) is 10.3. The van der Waals surface area contributed by atoms with Crippen molar-refractivity contribution in [1.82, 2.24) is 4.90 Å². The van der Waals surface area contributed by atoms with E-state index in [1.165, 1.54) is 23.9 Å². The second kappa shape index (κ2) is 7.78. The van der Waals surface area contributed by atoms with Crippen molar-refractivity contribution in [3.8, 4) is 0 Å². The fourth-order valence-electron chi connectivity index (χ4n) is 2.05. The number of aryl methyl sites for hydroxylation is 1. The van der Waals surface area contributed by atoms with Crippen molar-refractivity contribution in [2.24, 2.45) is 0 Å². The summed E-state index contributed by atoms with van der Waals surface area (Å²) in [6.45, 7) is 2.60. The van der Waals surface area contributed by atoms with E-state index in [2.05, 4.69) is 0 Å². The Labute approximate surface area is 139 Å². The van der Waals surface area contributed by atoms with E-state index in [1.54, 1.807) is 24.1 Å². The van der Waals surface area contributed by atoms with Gasteiger partial charge >= 0.3 is 0 Å². The summed E-state index contributed by atoms with van der Waals surface area (Å²) >= 11 is 1.38. The van der Waals surface area contributed by atoms with Gasteiger partial charge in [0.1, 0.15) is 0 Å². The highest BCUT2D eigenvalue weighted by molar-refractivity contribution is 8.00. The number of hydrogen-bond donors (Lipinski definition) is 0. The van der Waals surface area contributed by atoms with Gasteiger partial charge in [0.15, 0.2) is 0 Å². The van der Waals surface area contributed by atoms with Gasteiger partial charge in [-0.1, -0.05) is 24.3 Å². The summed E-state index contributed by atoms with van der Waals surface area (Å²) in [6, 6.07) is 14.2. The first-order valence-electron chi connectivity index (χ1n) is 7.13. The van der Waals surface area contributed by atoms with Gasteiger partial charge in [0.25, 0.3) is 5.69 Å². The lowest BCUT2D eigenvalue weighted by Crippen LogP contribution is -2.28. The topological polar surface area (TPSA) is 63.5 Å². The van der Waals surface area contributed by atoms with E-state index in [0.29, 0.717) is 12.3 Å². The Bertz CT molecular complexity index is 701. The summed E-state index contributed by atoms with van der Waals surface area (Å²) in [4.78, 5) is 24.9. The molecule has 0 aliphatic heterocycles. The Morgan fingerprint density at radius 2 is 1.83 bits per heavy atom. The largest absolute Gasteiger partial charge is 0.341 e. The lowest BCUT2D eigenvalue weighted by atomic mass is 10.1. The van der Waals surface area contributed by atoms with Gasteiger partial charge in [-0.3, -0.25) is 14.9 Å². The fourth-order valence-corrected chi connectivity index (χ4v) is 2.89. The average Bonchev–Trinajstić information content (AvgIpc) is 2.55. The summed E-state index contributed by atoms with van der Waals surface area (Å²) in [5.74, 6) is 0.330. The number of carbonyl (C=O) groups is 1. The Kier molecular flexibility index (Phi) is 5.76. The smallest absolute Gasteiger partial charge is 0.269 e. The molecular weight excluding hydrogens is 312 g/mol. The number of amides is 1. The van der Waals surface area contributed by atoms with Crippen LogP contribution in [0.3, 0.4) is 0 Å². The maximum Gasteiger partial charge on any atom is 0.269 e. The molecule has 5 nitrogen and oxygen atoms in total. The van der Waals surface area contributed by atoms with E-state index in [9.17, 15) is 14.9 Å². The molecule has 2 rings (SSSR count). The van der Waals surface area contributed by atoms with E-state index in [1.807, 2.05) is 31.2 Å². The van der Waals surface area contributed by atoms with Gasteiger partial charge in [-0.15, -0.1) is 11.8 Å². The third-order valence-corrected chi connectivity index (χ3v) is 4.50. The van der Waals surface area contributed by atoms with Crippen LogP contribution in [0.1, 0.15) is 11.1 Å². The summed E-state index contributed by atoms with van der Waals surface area (Å²) in [5, 5.41) is 10.6. The predicted molar refractivity (Wildman–Crippen MR) is 91.5 cm³/mol. The highest BCUT2D eigenvalue weighted by atomic mass is 32.2. The van der Waals surface area contributed by atoms with Crippen molar-refractivity contribution < 1.29 is 9.72 Å². The first kappa shape index (κ1) is 17.0. The van der Waals surface area contributed by atoms with Crippen LogP contribution in [0.5, 0.6) is 0 Å². The van der Waals surface area contributed by atoms with Crippen molar-refractivity contribution in [2.75, 3.05) is 12.8 Å². The summed E-state index contributed by atoms with van der Waals surface area (Å²) < 4.78 is 0. The zero-order valence-corrected chi connectivity index (χ0v) is 13.9. The first-order chi connectivity index (χ1) is 11.0. The van der Waals surface area contributed by atoms with Gasteiger partial charge in [-0.2, -0.15) is 0 Å². The number of nitrogens with zero attached hydrogens (tertiary/aromatic N) is 2. The molecule has 2 aromatic rings. The molecule has 0 bridgehead atoms. The molecule has 0 saturated heterocycles. The number of carbonyl (C=O) groups excluding carboxylic acids is 1. The van der Waals surface area contributed by atoms with Crippen LogP contribution in [-0.2, 0) is 11.3 Å². The molecule has 0 radical (unpaired) electrons. The molecule has 0 aromatic heterocycles. The van der Waals surface area contributed by atoms with Crippen LogP contribution in [0, 0.1) is 17.0 Å². The van der Waals surface area contributed by atoms with E-state index < -0.39 is 4.92 Å². The minimum atomic E-state index is -0.435. The Hall–Kier alpha value is -2.34. The Morgan fingerprint density at radius 3 is 2.43 bits per heavy atom. The minimum absolute atomic E-state index is 0.0246. The zero-order valence-electron chi connectivity index (χ0n) is 13.1. The number of nitro groups is 1. The maximum absolute atomic E-state index is 12.2. The van der Waals surface area contributed by atoms with Crippen molar-refractivity contribution >= 4 is 23.4 Å². The molecule has 0 heterocycles. The molecule has 0 saturated carbocycles. The molecule has 6 heteroatoms. The van der Waals surface area contributed by atoms with Crippen LogP contribution in [0.2, 0.25) is 0 Å². The summed E-state index contributed by atoms with van der Waals surface area (Å²) in [6.07, 6.45) is 0. The minimum Gasteiger partial charge on any atom is -0.341 e. The van der Waals surface area contributed by atoms with Gasteiger partial charge in [0.05, 0.1) is 10.7 Å². The third-order valence-electron chi connectivity index (χ3n) is 3.50. The lowest BCUT2D eigenvalue weighted by molar-refractivity contribution is -0.384. The van der Waals surface area contributed by atoms with Crippen molar-refractivity contribution in [2.45, 2.75) is 18.4 Å². The van der Waals surface area contributed by atoms with E-state index >= 15 is 0 Å². The van der Waals surface area contributed by atoms with Gasteiger partial charge in [0.2, 0.25) is 5.91 Å². The molecule has 1 amide bonds. The van der Waals surface area contributed by atoms with Gasteiger partial charge in [-0.25, -0.2) is 0 Å². The SMILES string of the molecule is Cc1ccccc1CN(C)C(=O)CSc1ccc([N+](=O)[O-])cc1. The maximum atomic E-state index is 12.2. The second-order valence-corrected chi connectivity index (χ2v) is 6.26. The standard InChI is InChI=1S/C17H18N2O3S/c1-13-5-3-4-6-14(13)11-18(2)17(20)12-23-16-9-7-15(8-10-16)19(21)22/h3-10H,11-12H2,1-2H3. The second-order valence-electron chi connectivity index (χ2n) is 5.22. The average molecular weight is 330 g/mol. The lowest BCUT2D eigenvalue weighted by Gasteiger charge is -2.18. The van der Waals surface area contributed by atoms with Crippen molar-refractivity contribution in [1.29, 1.82) is 0 Å². The number of rotatable bonds is 6. The summed E-state index contributed by atoms with van der Waals surface area (Å²) in [7, 11) is 1.78. The molecular formula is C17H18N2O3S. The molecule has 0 unspecified atom stereocenters. The van der Waals surface area contributed by atoms with Gasteiger partial charge in [0, 0.05) is 30.6 Å². The molecule has 0 fully saturated rings. The molecule has 120 valence electrons. The number of nitro benzene ring substituents is 1. The highest BCUT2D eigenvalue weighted by Gasteiger charge is 2.11. The number of hydrogen-bond acceptors (Lipinski definition) is 4. The van der Waals surface area contributed by atoms with Crippen LogP contribution in [0.4, 0.5) is 5.69 Å². The molecule has 23 heavy (non-hydrogen) atoms. The predicted octanol–water partition coefficient (Wildman–Crippen LogP) is 3.65. The quantitative estimate of drug-likeness (QED) is 0.461. The van der Waals surface area contributed by atoms with E-state index in [4.69, 9.17) is 0 Å². The number of benzene rings is 2. The van der Waals surface area contributed by atoms with Gasteiger partial charge < -0.3 is 4.90 Å². The van der Waals surface area contributed by atoms with Crippen molar-refractivity contribution in [3.05, 3.63) is 69.8 Å². The third kappa shape index (κ3) is 4.82. The number of non-ortho nitro benzene ring substituents is 1. The van der Waals surface area contributed by atoms with Crippen LogP contribution in [0.25, 0.3) is 0 Å². The van der Waals surface area contributed by atoms with Crippen LogP contribution >= 0.6 is 11.8 Å². The zero-order chi connectivity index (χ0) is 16.8. The monoisotopic (exact) mass is 330 g/mol. The first-order valence-corrected chi connectivity index (χ1v) is 8.11. The van der Waals surface area contributed by atoms with Crippen molar-refractivity contribution in [3.63, 3.8) is 0 Å².